The van der Waals surface area contributed by atoms with Crippen molar-refractivity contribution in [1.82, 2.24) is 19.1 Å². The van der Waals surface area contributed by atoms with Gasteiger partial charge in [-0.2, -0.15) is 0 Å². The Kier molecular flexibility index (Phi) is 5.07. The van der Waals surface area contributed by atoms with Gasteiger partial charge in [0.05, 0.1) is 18.6 Å². The Bertz CT molecular complexity index is 1340. The summed E-state index contributed by atoms with van der Waals surface area (Å²) >= 11 is 0. The Balaban J connectivity index is 2.08. The Labute approximate surface area is 173 Å². The summed E-state index contributed by atoms with van der Waals surface area (Å²) in [6.07, 6.45) is 1.39. The van der Waals surface area contributed by atoms with Gasteiger partial charge in [-0.15, -0.1) is 0 Å². The molecule has 1 amide bonds. The predicted molar refractivity (Wildman–Crippen MR) is 106 cm³/mol. The third kappa shape index (κ3) is 3.56. The van der Waals surface area contributed by atoms with E-state index < -0.39 is 29.9 Å². The molecule has 0 aliphatic heterocycles. The third-order valence-electron chi connectivity index (χ3n) is 4.42. The van der Waals surface area contributed by atoms with E-state index in [-0.39, 0.29) is 40.7 Å². The monoisotopic (exact) mass is 425 g/mol. The summed E-state index contributed by atoms with van der Waals surface area (Å²) in [5.74, 6) is -1.89. The molecule has 0 saturated carbocycles. The lowest BCUT2D eigenvalue weighted by atomic mass is 10.3. The maximum absolute atomic E-state index is 13.4. The first-order valence-electron chi connectivity index (χ1n) is 9.19. The van der Waals surface area contributed by atoms with E-state index in [1.807, 2.05) is 0 Å². The second-order valence-corrected chi connectivity index (χ2v) is 6.40. The predicted octanol–water partition coefficient (Wildman–Crippen LogP) is 1.64. The molecule has 0 saturated heterocycles. The molecule has 0 radical (unpaired) electrons. The molecule has 10 nitrogen and oxygen atoms in total. The van der Waals surface area contributed by atoms with Gasteiger partial charge in [-0.05, 0) is 43.3 Å². The third-order valence-corrected chi connectivity index (χ3v) is 4.42. The molecule has 0 aliphatic rings. The normalized spacial score (nSPS) is 11.0. The van der Waals surface area contributed by atoms with Crippen molar-refractivity contribution in [2.24, 2.45) is 5.73 Å². The smallest absolute Gasteiger partial charge is 0.335 e. The average Bonchev–Trinajstić information content (AvgIpc) is 3.36. The second-order valence-electron chi connectivity index (χ2n) is 6.40. The lowest BCUT2D eigenvalue weighted by Crippen LogP contribution is -2.28. The van der Waals surface area contributed by atoms with Gasteiger partial charge in [0, 0.05) is 0 Å². The molecule has 3 heterocycles. The van der Waals surface area contributed by atoms with E-state index in [0.717, 1.165) is 9.13 Å². The quantitative estimate of drug-likeness (QED) is 0.464. The van der Waals surface area contributed by atoms with Crippen LogP contribution in [0.5, 0.6) is 0 Å². The number of benzene rings is 1. The second kappa shape index (κ2) is 7.86. The first-order chi connectivity index (χ1) is 14.9. The minimum absolute atomic E-state index is 0.00360. The number of furan rings is 1. The zero-order chi connectivity index (χ0) is 22.1. The molecule has 11 heteroatoms. The van der Waals surface area contributed by atoms with E-state index in [4.69, 9.17) is 14.9 Å². The highest BCUT2D eigenvalue weighted by atomic mass is 19.1. The van der Waals surface area contributed by atoms with Crippen molar-refractivity contribution in [2.45, 2.75) is 13.5 Å². The van der Waals surface area contributed by atoms with Gasteiger partial charge in [0.1, 0.15) is 17.9 Å². The van der Waals surface area contributed by atoms with Crippen molar-refractivity contribution in [2.75, 3.05) is 6.61 Å². The van der Waals surface area contributed by atoms with Crippen LogP contribution in [-0.4, -0.2) is 37.6 Å². The molecular weight excluding hydrogens is 409 g/mol. The van der Waals surface area contributed by atoms with Gasteiger partial charge in [0.15, 0.2) is 22.9 Å². The van der Waals surface area contributed by atoms with Crippen molar-refractivity contribution in [3.63, 3.8) is 0 Å². The van der Waals surface area contributed by atoms with Crippen LogP contribution in [0.3, 0.4) is 0 Å². The first-order valence-corrected chi connectivity index (χ1v) is 9.19. The lowest BCUT2D eigenvalue weighted by Gasteiger charge is -2.06. The Morgan fingerprint density at radius 2 is 1.94 bits per heavy atom. The number of fused-ring (bicyclic) bond motifs is 1. The fraction of sp³-hybridized carbons (Fsp3) is 0.150. The van der Waals surface area contributed by atoms with Crippen LogP contribution in [0.4, 0.5) is 4.39 Å². The molecule has 4 aromatic rings. The molecule has 3 aromatic heterocycles. The number of imidazole rings is 1. The molecule has 1 aromatic carbocycles. The number of ether oxygens (including phenoxy) is 1. The summed E-state index contributed by atoms with van der Waals surface area (Å²) in [6.45, 7) is 1.23. The Morgan fingerprint density at radius 3 is 2.55 bits per heavy atom. The van der Waals surface area contributed by atoms with Gasteiger partial charge < -0.3 is 14.9 Å². The summed E-state index contributed by atoms with van der Waals surface area (Å²) in [5, 5.41) is 0. The molecule has 0 unspecified atom stereocenters. The molecule has 31 heavy (non-hydrogen) atoms. The summed E-state index contributed by atoms with van der Waals surface area (Å²) in [4.78, 5) is 46.1. The highest BCUT2D eigenvalue weighted by Gasteiger charge is 2.26. The van der Waals surface area contributed by atoms with E-state index in [1.54, 1.807) is 19.1 Å². The number of hydrogen-bond acceptors (Lipinski definition) is 7. The van der Waals surface area contributed by atoms with Gasteiger partial charge in [-0.1, -0.05) is 0 Å². The SMILES string of the molecule is CCOC(=O)Cn1c(=O)n(-c2ccc(F)cc2)c2nc(-c3ccco3)nc(C(N)=O)c21. The zero-order valence-electron chi connectivity index (χ0n) is 16.2. The summed E-state index contributed by atoms with van der Waals surface area (Å²) in [7, 11) is 0. The summed E-state index contributed by atoms with van der Waals surface area (Å²) in [6, 6.07) is 8.24. The molecule has 0 spiro atoms. The van der Waals surface area contributed by atoms with Crippen molar-refractivity contribution in [3.05, 3.63) is 64.7 Å². The number of aromatic nitrogens is 4. The topological polar surface area (TPSA) is 135 Å². The number of nitrogens with two attached hydrogens (primary N) is 1. The van der Waals surface area contributed by atoms with E-state index in [9.17, 15) is 18.8 Å². The number of carbonyl (C=O) groups is 2. The van der Waals surface area contributed by atoms with Crippen LogP contribution in [0.2, 0.25) is 0 Å². The van der Waals surface area contributed by atoms with Gasteiger partial charge in [0.25, 0.3) is 5.91 Å². The zero-order valence-corrected chi connectivity index (χ0v) is 16.2. The van der Waals surface area contributed by atoms with E-state index in [2.05, 4.69) is 9.97 Å². The minimum Gasteiger partial charge on any atom is -0.465 e. The number of hydrogen-bond donors (Lipinski definition) is 1. The highest BCUT2D eigenvalue weighted by molar-refractivity contribution is 6.02. The first kappa shape index (κ1) is 20.0. The van der Waals surface area contributed by atoms with Crippen LogP contribution < -0.4 is 11.4 Å². The van der Waals surface area contributed by atoms with Crippen LogP contribution in [-0.2, 0) is 16.1 Å². The van der Waals surface area contributed by atoms with Crippen LogP contribution >= 0.6 is 0 Å². The number of primary amides is 1. The van der Waals surface area contributed by atoms with Crippen LogP contribution in [0, 0.1) is 5.82 Å². The van der Waals surface area contributed by atoms with Crippen LogP contribution in [0.1, 0.15) is 17.4 Å². The number of esters is 1. The molecule has 0 aliphatic carbocycles. The molecule has 4 rings (SSSR count). The molecule has 158 valence electrons. The fourth-order valence-electron chi connectivity index (χ4n) is 3.15. The summed E-state index contributed by atoms with van der Waals surface area (Å²) < 4.78 is 25.8. The standard InChI is InChI=1S/C20H16FN5O5/c1-2-30-14(27)10-25-16-15(17(22)28)23-18(13-4-3-9-31-13)24-19(16)26(20(25)29)12-7-5-11(21)6-8-12/h3-9H,2,10H2,1H3,(H2,22,28). The number of carbonyl (C=O) groups excluding carboxylic acids is 2. The Hall–Kier alpha value is -4.28. The van der Waals surface area contributed by atoms with Crippen molar-refractivity contribution in [1.29, 1.82) is 0 Å². The molecular formula is C20H16FN5O5. The van der Waals surface area contributed by atoms with Crippen molar-refractivity contribution < 1.29 is 23.1 Å². The Morgan fingerprint density at radius 1 is 1.19 bits per heavy atom. The number of rotatable bonds is 6. The average molecular weight is 425 g/mol. The number of nitrogens with zero attached hydrogens (tertiary/aromatic N) is 4. The van der Waals surface area contributed by atoms with Gasteiger partial charge in [-0.3, -0.25) is 14.2 Å². The summed E-state index contributed by atoms with van der Waals surface area (Å²) in [5.41, 5.74) is 4.75. The molecule has 0 fully saturated rings. The maximum atomic E-state index is 13.4. The largest absolute Gasteiger partial charge is 0.465 e. The van der Waals surface area contributed by atoms with Gasteiger partial charge in [-0.25, -0.2) is 23.7 Å². The van der Waals surface area contributed by atoms with Gasteiger partial charge >= 0.3 is 11.7 Å². The van der Waals surface area contributed by atoms with Gasteiger partial charge in [0.2, 0.25) is 0 Å². The van der Waals surface area contributed by atoms with E-state index in [0.29, 0.717) is 0 Å². The maximum Gasteiger partial charge on any atom is 0.335 e. The van der Waals surface area contributed by atoms with Crippen LogP contribution in [0.15, 0.2) is 51.9 Å². The number of amides is 1. The highest BCUT2D eigenvalue weighted by Crippen LogP contribution is 2.24. The lowest BCUT2D eigenvalue weighted by molar-refractivity contribution is -0.143. The van der Waals surface area contributed by atoms with E-state index in [1.165, 1.54) is 30.5 Å². The van der Waals surface area contributed by atoms with Crippen molar-refractivity contribution >= 4 is 23.0 Å². The fourth-order valence-corrected chi connectivity index (χ4v) is 3.15. The van der Waals surface area contributed by atoms with Crippen LogP contribution in [0.25, 0.3) is 28.4 Å². The molecule has 0 atom stereocenters. The molecule has 0 bridgehead atoms. The number of halogens is 1. The minimum atomic E-state index is -0.936. The molecule has 2 N–H and O–H groups in total. The van der Waals surface area contributed by atoms with E-state index >= 15 is 0 Å². The van der Waals surface area contributed by atoms with Crippen molar-refractivity contribution in [3.8, 4) is 17.3 Å².